The number of halogens is 3. The zero-order valence-corrected chi connectivity index (χ0v) is 9.14. The molecule has 0 aromatic heterocycles. The van der Waals surface area contributed by atoms with Gasteiger partial charge < -0.3 is 10.5 Å². The van der Waals surface area contributed by atoms with E-state index in [1.807, 2.05) is 0 Å². The first-order valence-corrected chi connectivity index (χ1v) is 4.81. The number of rotatable bonds is 3. The molecule has 0 spiro atoms. The summed E-state index contributed by atoms with van der Waals surface area (Å²) in [5.41, 5.74) is 5.92. The van der Waals surface area contributed by atoms with Crippen LogP contribution in [0.1, 0.15) is 17.0 Å². The van der Waals surface area contributed by atoms with Gasteiger partial charge in [-0.1, -0.05) is 6.07 Å². The molecule has 0 aliphatic carbocycles. The van der Waals surface area contributed by atoms with Crippen molar-refractivity contribution in [1.82, 2.24) is 0 Å². The van der Waals surface area contributed by atoms with Gasteiger partial charge in [0.25, 0.3) is 0 Å². The number of methoxy groups -OCH3 is 1. The molecule has 0 fully saturated rings. The molecule has 0 aliphatic rings. The Bertz CT molecular complexity index is 363. The van der Waals surface area contributed by atoms with E-state index in [0.29, 0.717) is 11.3 Å². The second-order valence-corrected chi connectivity index (χ2v) is 3.55. The van der Waals surface area contributed by atoms with Gasteiger partial charge in [0.1, 0.15) is 5.75 Å². The van der Waals surface area contributed by atoms with Gasteiger partial charge in [-0.2, -0.15) is 13.2 Å². The third-order valence-electron chi connectivity index (χ3n) is 2.48. The number of hydrogen-bond donors (Lipinski definition) is 1. The van der Waals surface area contributed by atoms with E-state index in [-0.39, 0.29) is 5.56 Å². The van der Waals surface area contributed by atoms with E-state index in [9.17, 15) is 13.2 Å². The lowest BCUT2D eigenvalue weighted by Crippen LogP contribution is -2.28. The van der Waals surface area contributed by atoms with Gasteiger partial charge in [0, 0.05) is 6.54 Å². The van der Waals surface area contributed by atoms with Crippen LogP contribution in [0, 0.1) is 6.92 Å². The Morgan fingerprint density at radius 3 is 2.38 bits per heavy atom. The van der Waals surface area contributed by atoms with Crippen molar-refractivity contribution < 1.29 is 17.9 Å². The van der Waals surface area contributed by atoms with Crippen LogP contribution >= 0.6 is 0 Å². The molecule has 1 rings (SSSR count). The van der Waals surface area contributed by atoms with Gasteiger partial charge >= 0.3 is 6.18 Å². The first-order chi connectivity index (χ1) is 7.40. The van der Waals surface area contributed by atoms with E-state index in [0.717, 1.165) is 0 Å². The van der Waals surface area contributed by atoms with E-state index in [4.69, 9.17) is 10.5 Å². The lowest BCUT2D eigenvalue weighted by atomic mass is 9.94. The van der Waals surface area contributed by atoms with Crippen molar-refractivity contribution in [2.75, 3.05) is 13.7 Å². The third-order valence-corrected chi connectivity index (χ3v) is 2.48. The summed E-state index contributed by atoms with van der Waals surface area (Å²) < 4.78 is 42.9. The average molecular weight is 233 g/mol. The molecular weight excluding hydrogens is 219 g/mol. The summed E-state index contributed by atoms with van der Waals surface area (Å²) in [6, 6.07) is 4.50. The zero-order valence-electron chi connectivity index (χ0n) is 9.14. The van der Waals surface area contributed by atoms with Crippen LogP contribution in [0.25, 0.3) is 0 Å². The van der Waals surface area contributed by atoms with Crippen LogP contribution < -0.4 is 10.5 Å². The summed E-state index contributed by atoms with van der Waals surface area (Å²) in [5.74, 6) is -1.07. The summed E-state index contributed by atoms with van der Waals surface area (Å²) in [5, 5.41) is 0. The van der Waals surface area contributed by atoms with Crippen LogP contribution in [-0.2, 0) is 0 Å². The average Bonchev–Trinajstić information content (AvgIpc) is 2.19. The van der Waals surface area contributed by atoms with Gasteiger partial charge in [-0.25, -0.2) is 0 Å². The van der Waals surface area contributed by atoms with Crippen molar-refractivity contribution in [3.8, 4) is 5.75 Å². The predicted octanol–water partition coefficient (Wildman–Crippen LogP) is 2.61. The maximum atomic E-state index is 12.7. The van der Waals surface area contributed by atoms with E-state index in [1.54, 1.807) is 13.0 Å². The Labute approximate surface area is 92.2 Å². The number of ether oxygens (including phenoxy) is 1. The minimum atomic E-state index is -4.31. The number of hydrogen-bond acceptors (Lipinski definition) is 2. The minimum Gasteiger partial charge on any atom is -0.497 e. The summed E-state index contributed by atoms with van der Waals surface area (Å²) in [6.45, 7) is 1.17. The van der Waals surface area contributed by atoms with Crippen LogP contribution in [0.5, 0.6) is 5.75 Å². The molecule has 1 atom stereocenters. The molecule has 0 saturated heterocycles. The Hall–Kier alpha value is -1.23. The maximum Gasteiger partial charge on any atom is 0.396 e. The fourth-order valence-electron chi connectivity index (χ4n) is 1.60. The smallest absolute Gasteiger partial charge is 0.396 e. The maximum absolute atomic E-state index is 12.7. The van der Waals surface area contributed by atoms with Gasteiger partial charge in [-0.3, -0.25) is 0 Å². The van der Waals surface area contributed by atoms with E-state index in [2.05, 4.69) is 0 Å². The quantitative estimate of drug-likeness (QED) is 0.870. The molecule has 0 bridgehead atoms. The topological polar surface area (TPSA) is 35.2 Å². The summed E-state index contributed by atoms with van der Waals surface area (Å²) >= 11 is 0. The summed E-state index contributed by atoms with van der Waals surface area (Å²) in [4.78, 5) is 0. The van der Waals surface area contributed by atoms with Gasteiger partial charge in [0.15, 0.2) is 0 Å². The standard InChI is InChI=1S/C11H14F3NO/c1-7-5-8(16-2)3-4-9(7)10(6-15)11(12,13)14/h3-5,10H,6,15H2,1-2H3. The first kappa shape index (κ1) is 12.8. The van der Waals surface area contributed by atoms with Crippen LogP contribution in [0.4, 0.5) is 13.2 Å². The van der Waals surface area contributed by atoms with Crippen molar-refractivity contribution in [2.45, 2.75) is 19.0 Å². The molecule has 1 aromatic rings. The molecule has 90 valence electrons. The number of nitrogens with two attached hydrogens (primary N) is 1. The molecule has 0 saturated carbocycles. The molecule has 5 heteroatoms. The molecule has 1 unspecified atom stereocenters. The molecule has 16 heavy (non-hydrogen) atoms. The monoisotopic (exact) mass is 233 g/mol. The predicted molar refractivity (Wildman–Crippen MR) is 55.6 cm³/mol. The van der Waals surface area contributed by atoms with E-state index < -0.39 is 18.6 Å². The summed E-state index contributed by atoms with van der Waals surface area (Å²) in [7, 11) is 1.47. The van der Waals surface area contributed by atoms with Crippen molar-refractivity contribution in [3.05, 3.63) is 29.3 Å². The largest absolute Gasteiger partial charge is 0.497 e. The molecule has 0 aliphatic heterocycles. The number of aryl methyl sites for hydroxylation is 1. The molecular formula is C11H14F3NO. The van der Waals surface area contributed by atoms with Crippen LogP contribution in [-0.4, -0.2) is 19.8 Å². The molecule has 2 N–H and O–H groups in total. The van der Waals surface area contributed by atoms with Crippen LogP contribution in [0.2, 0.25) is 0 Å². The Morgan fingerprint density at radius 1 is 1.38 bits per heavy atom. The highest BCUT2D eigenvalue weighted by molar-refractivity contribution is 5.37. The second kappa shape index (κ2) is 4.74. The second-order valence-electron chi connectivity index (χ2n) is 3.55. The van der Waals surface area contributed by atoms with E-state index in [1.165, 1.54) is 19.2 Å². The first-order valence-electron chi connectivity index (χ1n) is 4.81. The van der Waals surface area contributed by atoms with E-state index >= 15 is 0 Å². The fraction of sp³-hybridized carbons (Fsp3) is 0.455. The molecule has 0 radical (unpaired) electrons. The Kier molecular flexibility index (Phi) is 3.80. The highest BCUT2D eigenvalue weighted by Gasteiger charge is 2.40. The fourth-order valence-corrected chi connectivity index (χ4v) is 1.60. The Balaban J connectivity index is 3.12. The summed E-state index contributed by atoms with van der Waals surface area (Å²) in [6.07, 6.45) is -4.31. The van der Waals surface area contributed by atoms with Gasteiger partial charge in [-0.05, 0) is 30.2 Å². The van der Waals surface area contributed by atoms with Gasteiger partial charge in [0.05, 0.1) is 13.0 Å². The lowest BCUT2D eigenvalue weighted by molar-refractivity contribution is -0.148. The zero-order chi connectivity index (χ0) is 12.3. The molecule has 0 amide bonds. The molecule has 0 heterocycles. The van der Waals surface area contributed by atoms with Gasteiger partial charge in [0.2, 0.25) is 0 Å². The number of benzene rings is 1. The molecule has 2 nitrogen and oxygen atoms in total. The van der Waals surface area contributed by atoms with Crippen molar-refractivity contribution in [1.29, 1.82) is 0 Å². The Morgan fingerprint density at radius 2 is 2.00 bits per heavy atom. The van der Waals surface area contributed by atoms with Crippen LogP contribution in [0.15, 0.2) is 18.2 Å². The van der Waals surface area contributed by atoms with Crippen molar-refractivity contribution >= 4 is 0 Å². The highest BCUT2D eigenvalue weighted by atomic mass is 19.4. The third kappa shape index (κ3) is 2.66. The lowest BCUT2D eigenvalue weighted by Gasteiger charge is -2.21. The van der Waals surface area contributed by atoms with Crippen molar-refractivity contribution in [2.24, 2.45) is 5.73 Å². The van der Waals surface area contributed by atoms with Crippen LogP contribution in [0.3, 0.4) is 0 Å². The normalized spacial score (nSPS) is 13.6. The van der Waals surface area contributed by atoms with Gasteiger partial charge in [-0.15, -0.1) is 0 Å². The highest BCUT2D eigenvalue weighted by Crippen LogP contribution is 2.36. The molecule has 1 aromatic carbocycles. The number of alkyl halides is 3. The SMILES string of the molecule is COc1ccc(C(CN)C(F)(F)F)c(C)c1. The van der Waals surface area contributed by atoms with Crippen molar-refractivity contribution in [3.63, 3.8) is 0 Å². The minimum absolute atomic E-state index is 0.204.